The lowest BCUT2D eigenvalue weighted by atomic mass is 10.1. The number of halogens is 2. The van der Waals surface area contributed by atoms with Gasteiger partial charge in [0.25, 0.3) is 0 Å². The van der Waals surface area contributed by atoms with Crippen molar-refractivity contribution in [3.05, 3.63) is 58.7 Å². The highest BCUT2D eigenvalue weighted by Gasteiger charge is 2.19. The third-order valence-corrected chi connectivity index (χ3v) is 3.94. The highest BCUT2D eigenvalue weighted by atomic mass is 35.5. The smallest absolute Gasteiger partial charge is 0.182 e. The Morgan fingerprint density at radius 1 is 1.29 bits per heavy atom. The minimum absolute atomic E-state index is 0.0437. The molecule has 1 atom stereocenters. The molecule has 0 aliphatic carbocycles. The number of rotatable bonds is 5. The molecule has 0 saturated carbocycles. The summed E-state index contributed by atoms with van der Waals surface area (Å²) >= 11 is 5.89. The predicted octanol–water partition coefficient (Wildman–Crippen LogP) is 4.30. The molecule has 0 spiro atoms. The van der Waals surface area contributed by atoms with Crippen molar-refractivity contribution < 1.29 is 9.18 Å². The van der Waals surface area contributed by atoms with Gasteiger partial charge in [-0.2, -0.15) is 0 Å². The Morgan fingerprint density at radius 2 is 1.90 bits per heavy atom. The second kappa shape index (κ2) is 6.44. The third-order valence-electron chi connectivity index (χ3n) is 3.74. The summed E-state index contributed by atoms with van der Waals surface area (Å²) in [6, 6.07) is 8.40. The number of ketones is 1. The Bertz CT molecular complexity index is 644. The van der Waals surface area contributed by atoms with Gasteiger partial charge in [-0.05, 0) is 51.0 Å². The molecular formula is C17H19ClFNO. The lowest BCUT2D eigenvalue weighted by Crippen LogP contribution is -2.12. The fraction of sp³-hybridized carbons (Fsp3) is 0.353. The molecule has 2 rings (SSSR count). The molecule has 0 fully saturated rings. The first-order valence-electron chi connectivity index (χ1n) is 6.99. The van der Waals surface area contributed by atoms with Crippen LogP contribution in [0.2, 0.25) is 0 Å². The summed E-state index contributed by atoms with van der Waals surface area (Å²) in [6.07, 6.45) is 0.792. The van der Waals surface area contributed by atoms with Crippen LogP contribution in [-0.4, -0.2) is 15.7 Å². The van der Waals surface area contributed by atoms with E-state index in [4.69, 9.17) is 11.6 Å². The van der Waals surface area contributed by atoms with Crippen molar-refractivity contribution >= 4 is 17.4 Å². The van der Waals surface area contributed by atoms with Crippen molar-refractivity contribution in [1.82, 2.24) is 4.57 Å². The van der Waals surface area contributed by atoms with Crippen LogP contribution in [0.4, 0.5) is 4.39 Å². The van der Waals surface area contributed by atoms with E-state index in [1.54, 1.807) is 19.1 Å². The first-order chi connectivity index (χ1) is 9.90. The normalized spacial score (nSPS) is 12.4. The van der Waals surface area contributed by atoms with Gasteiger partial charge in [0, 0.05) is 23.5 Å². The van der Waals surface area contributed by atoms with E-state index >= 15 is 0 Å². The van der Waals surface area contributed by atoms with Crippen LogP contribution in [0.15, 0.2) is 30.3 Å². The van der Waals surface area contributed by atoms with Gasteiger partial charge in [0.15, 0.2) is 5.78 Å². The van der Waals surface area contributed by atoms with Gasteiger partial charge in [-0.1, -0.05) is 12.1 Å². The van der Waals surface area contributed by atoms with Gasteiger partial charge in [-0.3, -0.25) is 4.79 Å². The minimum Gasteiger partial charge on any atom is -0.348 e. The molecule has 0 bridgehead atoms. The Balaban J connectivity index is 2.17. The number of aryl methyl sites for hydroxylation is 2. The summed E-state index contributed by atoms with van der Waals surface area (Å²) in [6.45, 7) is 6.36. The quantitative estimate of drug-likeness (QED) is 0.596. The average Bonchev–Trinajstić information content (AvgIpc) is 2.72. The molecule has 2 aromatic rings. The van der Waals surface area contributed by atoms with Gasteiger partial charge < -0.3 is 4.57 Å². The molecule has 1 aromatic carbocycles. The molecule has 0 amide bonds. The second-order valence-electron chi connectivity index (χ2n) is 5.29. The Hall–Kier alpha value is -1.61. The van der Waals surface area contributed by atoms with E-state index in [0.717, 1.165) is 29.9 Å². The molecule has 1 aromatic heterocycles. The first-order valence-corrected chi connectivity index (χ1v) is 7.43. The predicted molar refractivity (Wildman–Crippen MR) is 83.7 cm³/mol. The molecule has 0 saturated heterocycles. The fourth-order valence-corrected chi connectivity index (χ4v) is 2.62. The number of hydrogen-bond acceptors (Lipinski definition) is 1. The molecule has 1 unspecified atom stereocenters. The molecule has 0 aliphatic rings. The molecule has 1 heterocycles. The molecule has 0 radical (unpaired) electrons. The monoisotopic (exact) mass is 307 g/mol. The van der Waals surface area contributed by atoms with Crippen molar-refractivity contribution in [3.8, 4) is 0 Å². The SMILES string of the molecule is Cc1cc(C(=O)C(C)Cl)c(C)n1CCc1ccc(F)cc1. The van der Waals surface area contributed by atoms with Gasteiger partial charge in [0.1, 0.15) is 5.82 Å². The average molecular weight is 308 g/mol. The topological polar surface area (TPSA) is 22.0 Å². The Labute approximate surface area is 129 Å². The highest BCUT2D eigenvalue weighted by Crippen LogP contribution is 2.19. The maximum absolute atomic E-state index is 12.9. The van der Waals surface area contributed by atoms with Gasteiger partial charge in [-0.15, -0.1) is 11.6 Å². The van der Waals surface area contributed by atoms with Gasteiger partial charge in [-0.25, -0.2) is 4.39 Å². The van der Waals surface area contributed by atoms with Gasteiger partial charge in [0.2, 0.25) is 0 Å². The fourth-order valence-electron chi connectivity index (χ4n) is 2.50. The molecule has 0 N–H and O–H groups in total. The zero-order valence-electron chi connectivity index (χ0n) is 12.5. The van der Waals surface area contributed by atoms with Crippen LogP contribution < -0.4 is 0 Å². The van der Waals surface area contributed by atoms with E-state index in [1.807, 2.05) is 19.9 Å². The van der Waals surface area contributed by atoms with Gasteiger partial charge in [0.05, 0.1) is 5.38 Å². The second-order valence-corrected chi connectivity index (χ2v) is 5.95. The van der Waals surface area contributed by atoms with E-state index in [9.17, 15) is 9.18 Å². The molecule has 112 valence electrons. The molecule has 2 nitrogen and oxygen atoms in total. The molecular weight excluding hydrogens is 289 g/mol. The van der Waals surface area contributed by atoms with Crippen molar-refractivity contribution in [2.24, 2.45) is 0 Å². The molecule has 4 heteroatoms. The Morgan fingerprint density at radius 3 is 2.48 bits per heavy atom. The van der Waals surface area contributed by atoms with Crippen LogP contribution >= 0.6 is 11.6 Å². The first kappa shape index (κ1) is 15.8. The standard InChI is InChI=1S/C17H19ClFNO/c1-11-10-16(17(21)12(2)18)13(3)20(11)9-8-14-4-6-15(19)7-5-14/h4-7,10,12H,8-9H2,1-3H3. The Kier molecular flexibility index (Phi) is 4.84. The van der Waals surface area contributed by atoms with E-state index in [1.165, 1.54) is 12.1 Å². The minimum atomic E-state index is -0.518. The number of benzene rings is 1. The molecule has 0 aliphatic heterocycles. The van der Waals surface area contributed by atoms with Crippen molar-refractivity contribution in [2.45, 2.75) is 39.1 Å². The maximum atomic E-state index is 12.9. The number of alkyl halides is 1. The van der Waals surface area contributed by atoms with E-state index in [0.29, 0.717) is 5.56 Å². The number of nitrogens with zero attached hydrogens (tertiary/aromatic N) is 1. The van der Waals surface area contributed by atoms with Crippen LogP contribution in [0.25, 0.3) is 0 Å². The summed E-state index contributed by atoms with van der Waals surface area (Å²) in [7, 11) is 0. The van der Waals surface area contributed by atoms with Crippen LogP contribution in [0.5, 0.6) is 0 Å². The van der Waals surface area contributed by atoms with E-state index in [-0.39, 0.29) is 11.6 Å². The summed E-state index contributed by atoms with van der Waals surface area (Å²) in [4.78, 5) is 12.1. The van der Waals surface area contributed by atoms with Crippen molar-refractivity contribution in [3.63, 3.8) is 0 Å². The lowest BCUT2D eigenvalue weighted by molar-refractivity contribution is 0.0991. The zero-order chi connectivity index (χ0) is 15.6. The lowest BCUT2D eigenvalue weighted by Gasteiger charge is -2.10. The summed E-state index contributed by atoms with van der Waals surface area (Å²) in [5.74, 6) is -0.270. The number of aromatic nitrogens is 1. The largest absolute Gasteiger partial charge is 0.348 e. The van der Waals surface area contributed by atoms with Crippen LogP contribution in [0, 0.1) is 19.7 Å². The maximum Gasteiger partial charge on any atom is 0.182 e. The third kappa shape index (κ3) is 3.53. The zero-order valence-corrected chi connectivity index (χ0v) is 13.2. The number of carbonyl (C=O) groups excluding carboxylic acids is 1. The summed E-state index contributed by atoms with van der Waals surface area (Å²) in [5.41, 5.74) is 3.74. The number of hydrogen-bond donors (Lipinski definition) is 0. The van der Waals surface area contributed by atoms with E-state index < -0.39 is 5.38 Å². The highest BCUT2D eigenvalue weighted by molar-refractivity contribution is 6.33. The van der Waals surface area contributed by atoms with Gasteiger partial charge >= 0.3 is 0 Å². The van der Waals surface area contributed by atoms with Crippen LogP contribution in [0.1, 0.15) is 34.2 Å². The number of carbonyl (C=O) groups is 1. The van der Waals surface area contributed by atoms with Crippen LogP contribution in [0.3, 0.4) is 0 Å². The summed E-state index contributed by atoms with van der Waals surface area (Å²) < 4.78 is 15.0. The molecule has 21 heavy (non-hydrogen) atoms. The van der Waals surface area contributed by atoms with Crippen LogP contribution in [-0.2, 0) is 13.0 Å². The van der Waals surface area contributed by atoms with Crippen molar-refractivity contribution in [2.75, 3.05) is 0 Å². The van der Waals surface area contributed by atoms with Crippen molar-refractivity contribution in [1.29, 1.82) is 0 Å². The number of Topliss-reactive ketones (excluding diaryl/α,β-unsaturated/α-hetero) is 1. The summed E-state index contributed by atoms with van der Waals surface area (Å²) in [5, 5.41) is -0.518. The van der Waals surface area contributed by atoms with E-state index in [2.05, 4.69) is 4.57 Å².